The average molecular weight is 615 g/mol. The number of aromatic nitrogens is 2. The summed E-state index contributed by atoms with van der Waals surface area (Å²) in [5.41, 5.74) is 0.882. The molecule has 1 aliphatic heterocycles. The molecule has 11 nitrogen and oxygen atoms in total. The standard InChI is InChI=1S/C33H35FN6O5/c34-27-8-6-21(18-28-23-3-1-2-4-24(23)32(44)38-37-28)17-26(27)33(45)40-13-11-39(12-14-40)30(42)19-29(41)35-9-10-36-31(43)25-16-20-5-7-22(25)15-20/h1-8,17,20,22,25H,9-16,18-19H2,(H,35,41)(H,36,43)(H,38,44)/t20-,22+,25?/m1/s1. The predicted octanol–water partition coefficient (Wildman–Crippen LogP) is 1.77. The quantitative estimate of drug-likeness (QED) is 0.190. The number of fused-ring (bicyclic) bond motifs is 3. The van der Waals surface area contributed by atoms with E-state index in [-0.39, 0.29) is 74.4 Å². The minimum atomic E-state index is -0.651. The second-order valence-corrected chi connectivity index (χ2v) is 11.9. The molecule has 1 saturated heterocycles. The van der Waals surface area contributed by atoms with Crippen molar-refractivity contribution in [1.82, 2.24) is 30.6 Å². The average Bonchev–Trinajstić information content (AvgIpc) is 3.69. The monoisotopic (exact) mass is 614 g/mol. The van der Waals surface area contributed by atoms with Crippen LogP contribution in [0.25, 0.3) is 10.8 Å². The van der Waals surface area contributed by atoms with Crippen molar-refractivity contribution >= 4 is 34.4 Å². The molecule has 6 rings (SSSR count). The fraction of sp³-hybridized carbons (Fsp3) is 0.394. The number of rotatable bonds is 9. The van der Waals surface area contributed by atoms with E-state index >= 15 is 0 Å². The summed E-state index contributed by atoms with van der Waals surface area (Å²) in [5.74, 6) is -1.09. The van der Waals surface area contributed by atoms with Crippen molar-refractivity contribution < 1.29 is 23.6 Å². The first-order chi connectivity index (χ1) is 21.8. The molecule has 3 N–H and O–H groups in total. The van der Waals surface area contributed by atoms with Gasteiger partial charge < -0.3 is 20.4 Å². The topological polar surface area (TPSA) is 145 Å². The third-order valence-electron chi connectivity index (χ3n) is 9.00. The first kappa shape index (κ1) is 30.2. The van der Waals surface area contributed by atoms with Crippen molar-refractivity contribution in [3.63, 3.8) is 0 Å². The molecular formula is C33H35FN6O5. The maximum atomic E-state index is 14.8. The minimum Gasteiger partial charge on any atom is -0.354 e. The number of allylic oxidation sites excluding steroid dienone is 2. The third-order valence-corrected chi connectivity index (χ3v) is 9.00. The normalized spacial score (nSPS) is 20.4. The number of nitrogens with one attached hydrogen (secondary N) is 3. The highest BCUT2D eigenvalue weighted by Crippen LogP contribution is 2.43. The van der Waals surface area contributed by atoms with Gasteiger partial charge in [-0.25, -0.2) is 9.49 Å². The lowest BCUT2D eigenvalue weighted by Crippen LogP contribution is -2.51. The Balaban J connectivity index is 0.964. The number of aromatic amines is 1. The Morgan fingerprint density at radius 2 is 1.64 bits per heavy atom. The zero-order chi connectivity index (χ0) is 31.5. The van der Waals surface area contributed by atoms with Gasteiger partial charge in [-0.15, -0.1) is 0 Å². The molecule has 2 fully saturated rings. The predicted molar refractivity (Wildman–Crippen MR) is 164 cm³/mol. The maximum absolute atomic E-state index is 14.8. The molecule has 3 aliphatic rings. The molecule has 3 aromatic rings. The number of halogens is 1. The summed E-state index contributed by atoms with van der Waals surface area (Å²) in [6.45, 7) is 1.38. The summed E-state index contributed by atoms with van der Waals surface area (Å²) < 4.78 is 14.8. The van der Waals surface area contributed by atoms with E-state index in [1.807, 2.05) is 6.07 Å². The van der Waals surface area contributed by atoms with Crippen LogP contribution < -0.4 is 16.2 Å². The van der Waals surface area contributed by atoms with E-state index in [1.54, 1.807) is 24.3 Å². The molecule has 2 aliphatic carbocycles. The molecule has 45 heavy (non-hydrogen) atoms. The van der Waals surface area contributed by atoms with Crippen LogP contribution in [0, 0.1) is 23.6 Å². The van der Waals surface area contributed by atoms with Crippen molar-refractivity contribution in [3.05, 3.63) is 87.6 Å². The van der Waals surface area contributed by atoms with E-state index in [4.69, 9.17) is 0 Å². The van der Waals surface area contributed by atoms with E-state index in [9.17, 15) is 28.4 Å². The zero-order valence-corrected chi connectivity index (χ0v) is 24.8. The lowest BCUT2D eigenvalue weighted by atomic mass is 9.93. The first-order valence-electron chi connectivity index (χ1n) is 15.3. The Labute approximate surface area is 258 Å². The summed E-state index contributed by atoms with van der Waals surface area (Å²) in [4.78, 5) is 65.9. The molecule has 12 heteroatoms. The van der Waals surface area contributed by atoms with Gasteiger partial charge >= 0.3 is 0 Å². The van der Waals surface area contributed by atoms with Crippen molar-refractivity contribution in [2.45, 2.75) is 25.7 Å². The Morgan fingerprint density at radius 3 is 2.38 bits per heavy atom. The van der Waals surface area contributed by atoms with Crippen LogP contribution in [0.3, 0.4) is 0 Å². The Hall–Kier alpha value is -4.87. The van der Waals surface area contributed by atoms with Crippen molar-refractivity contribution in [2.24, 2.45) is 17.8 Å². The van der Waals surface area contributed by atoms with Gasteiger partial charge in [-0.05, 0) is 48.4 Å². The molecule has 2 heterocycles. The summed E-state index contributed by atoms with van der Waals surface area (Å²) in [7, 11) is 0. The highest BCUT2D eigenvalue weighted by molar-refractivity contribution is 5.97. The van der Waals surface area contributed by atoms with Crippen LogP contribution in [0.15, 0.2) is 59.4 Å². The highest BCUT2D eigenvalue weighted by Gasteiger charge is 2.39. The SMILES string of the molecule is O=C(CC(=O)N1CCN(C(=O)c2cc(Cc3n[nH]c(=O)c4ccccc34)ccc2F)CC1)NCCNC(=O)C1C[C@@H]2C=C[C@H]1C2. The third kappa shape index (κ3) is 6.64. The number of nitrogens with zero attached hydrogens (tertiary/aromatic N) is 3. The van der Waals surface area contributed by atoms with Gasteiger partial charge in [0.1, 0.15) is 12.2 Å². The molecule has 0 spiro atoms. The van der Waals surface area contributed by atoms with Crippen molar-refractivity contribution in [2.75, 3.05) is 39.3 Å². The van der Waals surface area contributed by atoms with E-state index < -0.39 is 17.6 Å². The Bertz CT molecular complexity index is 1730. The summed E-state index contributed by atoms with van der Waals surface area (Å²) in [5, 5.41) is 13.4. The largest absolute Gasteiger partial charge is 0.354 e. The molecule has 1 unspecified atom stereocenters. The second-order valence-electron chi connectivity index (χ2n) is 11.9. The zero-order valence-electron chi connectivity index (χ0n) is 24.8. The van der Waals surface area contributed by atoms with Gasteiger partial charge in [-0.2, -0.15) is 5.10 Å². The fourth-order valence-electron chi connectivity index (χ4n) is 6.59. The second kappa shape index (κ2) is 13.0. The lowest BCUT2D eigenvalue weighted by Gasteiger charge is -2.34. The van der Waals surface area contributed by atoms with Gasteiger partial charge in [0.15, 0.2) is 0 Å². The van der Waals surface area contributed by atoms with Crippen molar-refractivity contribution in [3.8, 4) is 0 Å². The van der Waals surface area contributed by atoms with Crippen LogP contribution in [0.4, 0.5) is 4.39 Å². The number of amides is 4. The lowest BCUT2D eigenvalue weighted by molar-refractivity contribution is -0.137. The molecule has 3 atom stereocenters. The molecule has 0 radical (unpaired) electrons. The smallest absolute Gasteiger partial charge is 0.272 e. The minimum absolute atomic E-state index is 0.00329. The highest BCUT2D eigenvalue weighted by atomic mass is 19.1. The molecular weight excluding hydrogens is 579 g/mol. The molecule has 2 bridgehead atoms. The van der Waals surface area contributed by atoms with Crippen LogP contribution in [0.1, 0.15) is 40.9 Å². The number of benzene rings is 2. The summed E-state index contributed by atoms with van der Waals surface area (Å²) >= 11 is 0. The van der Waals surface area contributed by atoms with Gasteiger partial charge in [0.2, 0.25) is 17.7 Å². The number of H-pyrrole nitrogens is 1. The Morgan fingerprint density at radius 1 is 0.911 bits per heavy atom. The number of piperazine rings is 1. The number of carbonyl (C=O) groups is 4. The summed E-state index contributed by atoms with van der Waals surface area (Å²) in [6.07, 6.45) is 6.17. The molecule has 2 aromatic carbocycles. The molecule has 4 amide bonds. The Kier molecular flexibility index (Phi) is 8.72. The number of hydrogen-bond acceptors (Lipinski definition) is 6. The van der Waals surface area contributed by atoms with Gasteiger partial charge in [-0.3, -0.25) is 24.0 Å². The van der Waals surface area contributed by atoms with Crippen LogP contribution in [-0.4, -0.2) is 82.9 Å². The molecule has 1 saturated carbocycles. The van der Waals surface area contributed by atoms with Crippen molar-refractivity contribution in [1.29, 1.82) is 0 Å². The molecule has 234 valence electrons. The maximum Gasteiger partial charge on any atom is 0.272 e. The molecule has 1 aromatic heterocycles. The number of carbonyl (C=O) groups excluding carboxylic acids is 4. The van der Waals surface area contributed by atoms with E-state index in [1.165, 1.54) is 21.9 Å². The van der Waals surface area contributed by atoms with E-state index in [2.05, 4.69) is 33.0 Å². The van der Waals surface area contributed by atoms with E-state index in [0.717, 1.165) is 12.8 Å². The van der Waals surface area contributed by atoms with Crippen LogP contribution in [-0.2, 0) is 20.8 Å². The first-order valence-corrected chi connectivity index (χ1v) is 15.3. The van der Waals surface area contributed by atoms with Gasteiger partial charge in [-0.1, -0.05) is 36.4 Å². The van der Waals surface area contributed by atoms with Crippen LogP contribution >= 0.6 is 0 Å². The fourth-order valence-corrected chi connectivity index (χ4v) is 6.59. The summed E-state index contributed by atoms with van der Waals surface area (Å²) in [6, 6.07) is 11.4. The van der Waals surface area contributed by atoms with Gasteiger partial charge in [0.25, 0.3) is 11.5 Å². The van der Waals surface area contributed by atoms with Gasteiger partial charge in [0.05, 0.1) is 16.6 Å². The number of hydrogen-bond donors (Lipinski definition) is 3. The van der Waals surface area contributed by atoms with Crippen LogP contribution in [0.2, 0.25) is 0 Å². The van der Waals surface area contributed by atoms with E-state index in [0.29, 0.717) is 40.4 Å². The van der Waals surface area contributed by atoms with Crippen LogP contribution in [0.5, 0.6) is 0 Å². The van der Waals surface area contributed by atoms with Gasteiger partial charge in [0, 0.05) is 57.0 Å².